The average Bonchev–Trinajstić information content (AvgIpc) is 2.70. The smallest absolute Gasteiger partial charge is 0.111 e. The highest BCUT2D eigenvalue weighted by molar-refractivity contribution is 9.10. The summed E-state index contributed by atoms with van der Waals surface area (Å²) in [6.07, 6.45) is 1.74. The third-order valence-electron chi connectivity index (χ3n) is 1.97. The van der Waals surface area contributed by atoms with Crippen molar-refractivity contribution in [1.29, 1.82) is 0 Å². The van der Waals surface area contributed by atoms with Crippen LogP contribution in [0.1, 0.15) is 16.5 Å². The molecular formula is C10H10BrClN2S. The molecule has 80 valence electrons. The Hall–Kier alpha value is -0.420. The van der Waals surface area contributed by atoms with Crippen LogP contribution in [0, 0.1) is 0 Å². The molecule has 0 saturated heterocycles. The van der Waals surface area contributed by atoms with E-state index < -0.39 is 0 Å². The number of nitrogens with two attached hydrogens (primary N) is 1. The van der Waals surface area contributed by atoms with Gasteiger partial charge in [0, 0.05) is 16.6 Å². The van der Waals surface area contributed by atoms with E-state index in [1.165, 1.54) is 0 Å². The summed E-state index contributed by atoms with van der Waals surface area (Å²) in [4.78, 5) is 5.30. The molecule has 5 heteroatoms. The van der Waals surface area contributed by atoms with E-state index in [2.05, 4.69) is 20.9 Å². The lowest BCUT2D eigenvalue weighted by molar-refractivity contribution is 0.874. The van der Waals surface area contributed by atoms with E-state index in [1.807, 2.05) is 29.6 Å². The Balaban J connectivity index is 0.00000112. The molecule has 2 aromatic rings. The van der Waals surface area contributed by atoms with E-state index in [0.717, 1.165) is 15.0 Å². The maximum atomic E-state index is 6.10. The Morgan fingerprint density at radius 2 is 2.13 bits per heavy atom. The minimum Gasteiger partial charge on any atom is -0.320 e. The fraction of sp³-hybridized carbons (Fsp3) is 0.100. The van der Waals surface area contributed by atoms with Crippen molar-refractivity contribution in [1.82, 2.24) is 4.98 Å². The number of pyridine rings is 1. The van der Waals surface area contributed by atoms with E-state index in [4.69, 9.17) is 5.73 Å². The van der Waals surface area contributed by atoms with Gasteiger partial charge in [-0.05, 0) is 33.4 Å². The molecule has 0 aliphatic carbocycles. The van der Waals surface area contributed by atoms with E-state index >= 15 is 0 Å². The maximum absolute atomic E-state index is 6.10. The van der Waals surface area contributed by atoms with Crippen LogP contribution in [-0.2, 0) is 0 Å². The van der Waals surface area contributed by atoms with Crippen molar-refractivity contribution in [2.75, 3.05) is 0 Å². The fourth-order valence-electron chi connectivity index (χ4n) is 1.25. The third kappa shape index (κ3) is 2.78. The quantitative estimate of drug-likeness (QED) is 0.864. The van der Waals surface area contributed by atoms with Crippen molar-refractivity contribution < 1.29 is 0 Å². The van der Waals surface area contributed by atoms with Crippen LogP contribution in [0.5, 0.6) is 0 Å². The molecule has 0 amide bonds. The summed E-state index contributed by atoms with van der Waals surface area (Å²) in [5.74, 6) is 0. The lowest BCUT2D eigenvalue weighted by Crippen LogP contribution is -2.11. The molecule has 0 spiro atoms. The van der Waals surface area contributed by atoms with Crippen molar-refractivity contribution in [3.8, 4) is 0 Å². The SMILES string of the molecule is Cl.N[C@@H](c1cccs1)c1cccnc1Br. The Kier molecular flexibility index (Phi) is 4.73. The van der Waals surface area contributed by atoms with Gasteiger partial charge in [-0.3, -0.25) is 0 Å². The largest absolute Gasteiger partial charge is 0.320 e. The fourth-order valence-corrected chi connectivity index (χ4v) is 2.49. The summed E-state index contributed by atoms with van der Waals surface area (Å²) in [5, 5.41) is 2.03. The van der Waals surface area contributed by atoms with Crippen LogP contribution in [0.4, 0.5) is 0 Å². The van der Waals surface area contributed by atoms with Gasteiger partial charge in [-0.25, -0.2) is 4.98 Å². The molecule has 0 aliphatic rings. The van der Waals surface area contributed by atoms with Crippen LogP contribution < -0.4 is 5.73 Å². The second-order valence-corrected chi connectivity index (χ2v) is 4.61. The first-order valence-corrected chi connectivity index (χ1v) is 5.85. The molecule has 2 N–H and O–H groups in total. The minimum absolute atomic E-state index is 0. The van der Waals surface area contributed by atoms with Gasteiger partial charge in [0.15, 0.2) is 0 Å². The van der Waals surface area contributed by atoms with Crippen LogP contribution in [0.3, 0.4) is 0 Å². The summed E-state index contributed by atoms with van der Waals surface area (Å²) in [6.45, 7) is 0. The Labute approximate surface area is 107 Å². The first-order chi connectivity index (χ1) is 6.79. The number of nitrogens with zero attached hydrogens (tertiary/aromatic N) is 1. The number of aromatic nitrogens is 1. The third-order valence-corrected chi connectivity index (χ3v) is 3.59. The van der Waals surface area contributed by atoms with Gasteiger partial charge >= 0.3 is 0 Å². The van der Waals surface area contributed by atoms with Crippen molar-refractivity contribution in [3.63, 3.8) is 0 Å². The minimum atomic E-state index is -0.0851. The van der Waals surface area contributed by atoms with E-state index in [0.29, 0.717) is 0 Å². The number of thiophene rings is 1. The lowest BCUT2D eigenvalue weighted by Gasteiger charge is -2.10. The number of rotatable bonds is 2. The van der Waals surface area contributed by atoms with Gasteiger partial charge in [0.1, 0.15) is 4.60 Å². The van der Waals surface area contributed by atoms with Crippen LogP contribution in [0.2, 0.25) is 0 Å². The summed E-state index contributed by atoms with van der Waals surface area (Å²) >= 11 is 5.06. The number of hydrogen-bond donors (Lipinski definition) is 1. The molecule has 0 fully saturated rings. The summed E-state index contributed by atoms with van der Waals surface area (Å²) < 4.78 is 0.820. The zero-order valence-electron chi connectivity index (χ0n) is 7.76. The molecule has 1 atom stereocenters. The van der Waals surface area contributed by atoms with Gasteiger partial charge in [0.2, 0.25) is 0 Å². The Bertz CT molecular complexity index is 419. The second kappa shape index (κ2) is 5.61. The van der Waals surface area contributed by atoms with Crippen molar-refractivity contribution in [2.24, 2.45) is 5.73 Å². The molecule has 2 heterocycles. The molecule has 0 radical (unpaired) electrons. The molecule has 2 nitrogen and oxygen atoms in total. The highest BCUT2D eigenvalue weighted by Gasteiger charge is 2.12. The molecule has 2 rings (SSSR count). The molecule has 0 aliphatic heterocycles. The highest BCUT2D eigenvalue weighted by Crippen LogP contribution is 2.27. The van der Waals surface area contributed by atoms with Crippen LogP contribution >= 0.6 is 39.7 Å². The van der Waals surface area contributed by atoms with Gasteiger partial charge in [-0.15, -0.1) is 23.7 Å². The van der Waals surface area contributed by atoms with Gasteiger partial charge in [-0.2, -0.15) is 0 Å². The van der Waals surface area contributed by atoms with Crippen LogP contribution in [-0.4, -0.2) is 4.98 Å². The lowest BCUT2D eigenvalue weighted by atomic mass is 10.1. The standard InChI is InChI=1S/C10H9BrN2S.ClH/c11-10-7(3-1-5-13-10)9(12)8-4-2-6-14-8;/h1-6,9H,12H2;1H/t9-;/m1./s1. The first-order valence-electron chi connectivity index (χ1n) is 4.18. The zero-order chi connectivity index (χ0) is 9.97. The summed E-state index contributed by atoms with van der Waals surface area (Å²) in [6, 6.07) is 7.84. The number of halogens is 2. The monoisotopic (exact) mass is 304 g/mol. The molecule has 0 bridgehead atoms. The second-order valence-electron chi connectivity index (χ2n) is 2.88. The summed E-state index contributed by atoms with van der Waals surface area (Å²) in [5.41, 5.74) is 7.13. The van der Waals surface area contributed by atoms with E-state index in [-0.39, 0.29) is 18.4 Å². The number of hydrogen-bond acceptors (Lipinski definition) is 3. The molecule has 15 heavy (non-hydrogen) atoms. The predicted molar refractivity (Wildman–Crippen MR) is 69.5 cm³/mol. The first kappa shape index (κ1) is 12.6. The normalized spacial score (nSPS) is 11.9. The predicted octanol–water partition coefficient (Wildman–Crippen LogP) is 3.38. The van der Waals surface area contributed by atoms with Crippen molar-refractivity contribution in [3.05, 3.63) is 50.9 Å². The Morgan fingerprint density at radius 3 is 2.73 bits per heavy atom. The zero-order valence-corrected chi connectivity index (χ0v) is 11.0. The van der Waals surface area contributed by atoms with Gasteiger partial charge in [-0.1, -0.05) is 12.1 Å². The van der Waals surface area contributed by atoms with Crippen molar-refractivity contribution in [2.45, 2.75) is 6.04 Å². The topological polar surface area (TPSA) is 38.9 Å². The van der Waals surface area contributed by atoms with E-state index in [9.17, 15) is 0 Å². The van der Waals surface area contributed by atoms with Gasteiger partial charge < -0.3 is 5.73 Å². The molecular weight excluding hydrogens is 296 g/mol. The molecule has 0 aromatic carbocycles. The summed E-state index contributed by atoms with van der Waals surface area (Å²) in [7, 11) is 0. The van der Waals surface area contributed by atoms with E-state index in [1.54, 1.807) is 17.5 Å². The van der Waals surface area contributed by atoms with Crippen LogP contribution in [0.15, 0.2) is 40.4 Å². The van der Waals surface area contributed by atoms with Gasteiger partial charge in [0.05, 0.1) is 6.04 Å². The molecule has 2 aromatic heterocycles. The maximum Gasteiger partial charge on any atom is 0.111 e. The highest BCUT2D eigenvalue weighted by atomic mass is 79.9. The van der Waals surface area contributed by atoms with Crippen LogP contribution in [0.25, 0.3) is 0 Å². The van der Waals surface area contributed by atoms with Crippen molar-refractivity contribution >= 4 is 39.7 Å². The van der Waals surface area contributed by atoms with Gasteiger partial charge in [0.25, 0.3) is 0 Å². The molecule has 0 saturated carbocycles. The average molecular weight is 306 g/mol. The molecule has 0 unspecified atom stereocenters. The Morgan fingerprint density at radius 1 is 1.33 bits per heavy atom.